The van der Waals surface area contributed by atoms with Gasteiger partial charge in [0.25, 0.3) is 0 Å². The standard InChI is InChI=1S/C14H12BrClN2O2/c1-8(16)13(19)18-14(20)17-12-7-6-11(15)9-4-2-3-5-10(9)12/h2-8H,1H3,(H2,17,18,19,20). The van der Waals surface area contributed by atoms with Crippen molar-refractivity contribution in [2.75, 3.05) is 5.32 Å². The van der Waals surface area contributed by atoms with Crippen LogP contribution in [0.5, 0.6) is 0 Å². The maximum absolute atomic E-state index is 11.7. The van der Waals surface area contributed by atoms with Crippen LogP contribution < -0.4 is 10.6 Å². The molecule has 0 aromatic heterocycles. The smallest absolute Gasteiger partial charge is 0.307 e. The number of hydrogen-bond donors (Lipinski definition) is 2. The Hall–Kier alpha value is -1.59. The van der Waals surface area contributed by atoms with Crippen LogP contribution in [0, 0.1) is 0 Å². The lowest BCUT2D eigenvalue weighted by molar-refractivity contribution is -0.119. The molecule has 0 heterocycles. The molecule has 104 valence electrons. The van der Waals surface area contributed by atoms with Crippen molar-refractivity contribution in [2.45, 2.75) is 12.3 Å². The zero-order valence-corrected chi connectivity index (χ0v) is 13.0. The molecule has 20 heavy (non-hydrogen) atoms. The number of anilines is 1. The third kappa shape index (κ3) is 3.29. The van der Waals surface area contributed by atoms with E-state index >= 15 is 0 Å². The molecule has 0 spiro atoms. The van der Waals surface area contributed by atoms with Crippen LogP contribution in [-0.4, -0.2) is 17.3 Å². The predicted molar refractivity (Wildman–Crippen MR) is 84.1 cm³/mol. The van der Waals surface area contributed by atoms with Gasteiger partial charge in [0.05, 0.1) is 5.69 Å². The van der Waals surface area contributed by atoms with E-state index in [9.17, 15) is 9.59 Å². The van der Waals surface area contributed by atoms with E-state index in [1.165, 1.54) is 6.92 Å². The van der Waals surface area contributed by atoms with Crippen molar-refractivity contribution in [3.63, 3.8) is 0 Å². The van der Waals surface area contributed by atoms with Crippen LogP contribution in [0.2, 0.25) is 0 Å². The number of hydrogen-bond acceptors (Lipinski definition) is 2. The fourth-order valence-electron chi connectivity index (χ4n) is 1.74. The number of imide groups is 1. The van der Waals surface area contributed by atoms with Gasteiger partial charge in [-0.2, -0.15) is 0 Å². The first-order valence-corrected chi connectivity index (χ1v) is 7.15. The molecule has 2 aromatic carbocycles. The van der Waals surface area contributed by atoms with Gasteiger partial charge < -0.3 is 5.32 Å². The van der Waals surface area contributed by atoms with E-state index in [0.717, 1.165) is 15.2 Å². The molecule has 0 aliphatic rings. The summed E-state index contributed by atoms with van der Waals surface area (Å²) < 4.78 is 0.935. The van der Waals surface area contributed by atoms with Crippen LogP contribution in [0.25, 0.3) is 10.8 Å². The van der Waals surface area contributed by atoms with Gasteiger partial charge in [-0.15, -0.1) is 11.6 Å². The number of carbonyl (C=O) groups is 2. The maximum Gasteiger partial charge on any atom is 0.325 e. The third-order valence-corrected chi connectivity index (χ3v) is 3.61. The van der Waals surface area contributed by atoms with E-state index in [-0.39, 0.29) is 0 Å². The Morgan fingerprint density at radius 2 is 1.80 bits per heavy atom. The Morgan fingerprint density at radius 1 is 1.15 bits per heavy atom. The van der Waals surface area contributed by atoms with Crippen molar-refractivity contribution < 1.29 is 9.59 Å². The largest absolute Gasteiger partial charge is 0.325 e. The lowest BCUT2D eigenvalue weighted by Gasteiger charge is -2.11. The summed E-state index contributed by atoms with van der Waals surface area (Å²) in [5.74, 6) is -0.536. The van der Waals surface area contributed by atoms with Crippen LogP contribution in [0.3, 0.4) is 0 Å². The molecule has 2 N–H and O–H groups in total. The van der Waals surface area contributed by atoms with Crippen molar-refractivity contribution in [1.29, 1.82) is 0 Å². The molecule has 2 aromatic rings. The third-order valence-electron chi connectivity index (χ3n) is 2.72. The molecule has 0 radical (unpaired) electrons. The van der Waals surface area contributed by atoms with Crippen molar-refractivity contribution in [3.05, 3.63) is 40.9 Å². The molecule has 4 nitrogen and oxygen atoms in total. The van der Waals surface area contributed by atoms with Gasteiger partial charge in [-0.25, -0.2) is 4.79 Å². The highest BCUT2D eigenvalue weighted by atomic mass is 79.9. The number of halogens is 2. The molecule has 0 fully saturated rings. The minimum absolute atomic E-state index is 0.536. The van der Waals surface area contributed by atoms with Gasteiger partial charge in [-0.1, -0.05) is 40.2 Å². The lowest BCUT2D eigenvalue weighted by Crippen LogP contribution is -2.38. The summed E-state index contributed by atoms with van der Waals surface area (Å²) in [6, 6.07) is 10.6. The molecule has 0 bridgehead atoms. The number of carbonyl (C=O) groups excluding carboxylic acids is 2. The molecule has 0 aliphatic heterocycles. The van der Waals surface area contributed by atoms with E-state index < -0.39 is 17.3 Å². The van der Waals surface area contributed by atoms with Crippen molar-refractivity contribution >= 4 is 55.9 Å². The highest BCUT2D eigenvalue weighted by Gasteiger charge is 2.14. The molecule has 6 heteroatoms. The van der Waals surface area contributed by atoms with E-state index in [1.54, 1.807) is 6.07 Å². The summed E-state index contributed by atoms with van der Waals surface area (Å²) in [5, 5.41) is 5.91. The summed E-state index contributed by atoms with van der Waals surface area (Å²) >= 11 is 9.05. The average Bonchev–Trinajstić information content (AvgIpc) is 2.42. The van der Waals surface area contributed by atoms with Gasteiger partial charge in [0.15, 0.2) is 0 Å². The molecule has 1 unspecified atom stereocenters. The van der Waals surface area contributed by atoms with Gasteiger partial charge in [-0.3, -0.25) is 10.1 Å². The second kappa shape index (κ2) is 6.24. The Bertz CT molecular complexity index is 673. The highest BCUT2D eigenvalue weighted by molar-refractivity contribution is 9.10. The predicted octanol–water partition coefficient (Wildman–Crippen LogP) is 3.88. The lowest BCUT2D eigenvalue weighted by atomic mass is 10.1. The van der Waals surface area contributed by atoms with E-state index in [1.807, 2.05) is 30.3 Å². The minimum atomic E-state index is -0.762. The van der Waals surface area contributed by atoms with Gasteiger partial charge in [0.2, 0.25) is 5.91 Å². The van der Waals surface area contributed by atoms with Crippen LogP contribution in [0.1, 0.15) is 6.92 Å². The quantitative estimate of drug-likeness (QED) is 0.803. The molecule has 0 saturated heterocycles. The fourth-order valence-corrected chi connectivity index (χ4v) is 2.27. The van der Waals surface area contributed by atoms with Gasteiger partial charge in [-0.05, 0) is 24.4 Å². The van der Waals surface area contributed by atoms with E-state index in [2.05, 4.69) is 26.6 Å². The second-order valence-corrected chi connectivity index (χ2v) is 5.71. The number of urea groups is 1. The number of rotatable bonds is 2. The Kier molecular flexibility index (Phi) is 4.62. The second-order valence-electron chi connectivity index (χ2n) is 4.20. The van der Waals surface area contributed by atoms with Crippen LogP contribution in [-0.2, 0) is 4.79 Å². The summed E-state index contributed by atoms with van der Waals surface area (Å²) in [6.45, 7) is 1.50. The molecule has 0 aliphatic carbocycles. The van der Waals surface area contributed by atoms with Crippen LogP contribution >= 0.6 is 27.5 Å². The first-order chi connectivity index (χ1) is 9.49. The Labute approximate surface area is 129 Å². The number of amides is 3. The highest BCUT2D eigenvalue weighted by Crippen LogP contribution is 2.29. The first-order valence-electron chi connectivity index (χ1n) is 5.92. The van der Waals surface area contributed by atoms with Crippen molar-refractivity contribution in [2.24, 2.45) is 0 Å². The van der Waals surface area contributed by atoms with Crippen LogP contribution in [0.4, 0.5) is 10.5 Å². The van der Waals surface area contributed by atoms with Crippen molar-refractivity contribution in [3.8, 4) is 0 Å². The summed E-state index contributed by atoms with van der Waals surface area (Å²) in [7, 11) is 0. The molecule has 2 rings (SSSR count). The first kappa shape index (κ1) is 14.8. The van der Waals surface area contributed by atoms with Crippen molar-refractivity contribution in [1.82, 2.24) is 5.32 Å². The Morgan fingerprint density at radius 3 is 2.45 bits per heavy atom. The molecule has 1 atom stereocenters. The maximum atomic E-state index is 11.7. The minimum Gasteiger partial charge on any atom is -0.307 e. The average molecular weight is 356 g/mol. The molecular formula is C14H12BrClN2O2. The summed E-state index contributed by atoms with van der Waals surface area (Å²) in [6.07, 6.45) is 0. The monoisotopic (exact) mass is 354 g/mol. The Balaban J connectivity index is 2.24. The topological polar surface area (TPSA) is 58.2 Å². The van der Waals surface area contributed by atoms with E-state index in [0.29, 0.717) is 5.69 Å². The molecule has 3 amide bonds. The number of nitrogens with one attached hydrogen (secondary N) is 2. The van der Waals surface area contributed by atoms with E-state index in [4.69, 9.17) is 11.6 Å². The fraction of sp³-hybridized carbons (Fsp3) is 0.143. The zero-order valence-electron chi connectivity index (χ0n) is 10.6. The van der Waals surface area contributed by atoms with Gasteiger partial charge in [0, 0.05) is 9.86 Å². The number of benzene rings is 2. The number of alkyl halides is 1. The van der Waals surface area contributed by atoms with Gasteiger partial charge >= 0.3 is 6.03 Å². The zero-order chi connectivity index (χ0) is 14.7. The SMILES string of the molecule is CC(Cl)C(=O)NC(=O)Nc1ccc(Br)c2ccccc12. The normalized spacial score (nSPS) is 11.9. The summed E-state index contributed by atoms with van der Waals surface area (Å²) in [5.41, 5.74) is 0.622. The molecule has 0 saturated carbocycles. The van der Waals surface area contributed by atoms with Gasteiger partial charge in [0.1, 0.15) is 5.38 Å². The molecular weight excluding hydrogens is 344 g/mol. The summed E-state index contributed by atoms with van der Waals surface area (Å²) in [4.78, 5) is 23.1. The number of fused-ring (bicyclic) bond motifs is 1. The van der Waals surface area contributed by atoms with Crippen LogP contribution in [0.15, 0.2) is 40.9 Å².